The molecule has 0 aliphatic rings. The third-order valence-electron chi connectivity index (χ3n) is 5.96. The van der Waals surface area contributed by atoms with Crippen LogP contribution in [0.4, 0.5) is 11.4 Å². The topological polar surface area (TPSA) is 41.1 Å². The lowest BCUT2D eigenvalue weighted by molar-refractivity contribution is 0.376. The van der Waals surface area contributed by atoms with E-state index in [1.807, 2.05) is 0 Å². The van der Waals surface area contributed by atoms with Crippen molar-refractivity contribution in [1.29, 1.82) is 0 Å². The number of anilines is 2. The van der Waals surface area contributed by atoms with E-state index in [0.29, 0.717) is 18.0 Å². The Morgan fingerprint density at radius 1 is 0.938 bits per heavy atom. The Bertz CT molecular complexity index is 1030. The van der Waals surface area contributed by atoms with Crippen molar-refractivity contribution in [1.82, 2.24) is 15.3 Å². The molecule has 0 amide bonds. The SMILES string of the molecule is C=Cc1cnc2ccc(N(CC(NC(C)C)C(C)C)c3cc(CC)cc(CC)c3)cc2n1. The molecular weight excluding hydrogens is 392 g/mol. The average molecular weight is 431 g/mol. The minimum atomic E-state index is 0.353. The van der Waals surface area contributed by atoms with Crippen molar-refractivity contribution in [3.8, 4) is 0 Å². The molecule has 0 fully saturated rings. The summed E-state index contributed by atoms with van der Waals surface area (Å²) in [6.45, 7) is 18.2. The molecule has 1 N–H and O–H groups in total. The van der Waals surface area contributed by atoms with Gasteiger partial charge in [0.1, 0.15) is 0 Å². The Hall–Kier alpha value is -2.72. The van der Waals surface area contributed by atoms with Crippen LogP contribution in [-0.2, 0) is 12.8 Å². The summed E-state index contributed by atoms with van der Waals surface area (Å²) in [5, 5.41) is 3.78. The molecule has 1 atom stereocenters. The Morgan fingerprint density at radius 2 is 1.62 bits per heavy atom. The second-order valence-electron chi connectivity index (χ2n) is 9.17. The molecule has 0 spiro atoms. The zero-order valence-electron chi connectivity index (χ0n) is 20.5. The normalized spacial score (nSPS) is 12.5. The molecule has 0 saturated carbocycles. The molecule has 170 valence electrons. The van der Waals surface area contributed by atoms with Crippen molar-refractivity contribution in [2.24, 2.45) is 5.92 Å². The summed E-state index contributed by atoms with van der Waals surface area (Å²) in [5.41, 5.74) is 7.71. The van der Waals surface area contributed by atoms with Crippen molar-refractivity contribution in [3.05, 3.63) is 66.0 Å². The van der Waals surface area contributed by atoms with Gasteiger partial charge in [-0.1, -0.05) is 54.2 Å². The largest absolute Gasteiger partial charge is 0.340 e. The van der Waals surface area contributed by atoms with E-state index in [1.54, 1.807) is 12.3 Å². The summed E-state index contributed by atoms with van der Waals surface area (Å²) < 4.78 is 0. The summed E-state index contributed by atoms with van der Waals surface area (Å²) in [7, 11) is 0. The maximum absolute atomic E-state index is 4.74. The van der Waals surface area contributed by atoms with Crippen LogP contribution in [0, 0.1) is 5.92 Å². The molecule has 1 aromatic heterocycles. The van der Waals surface area contributed by atoms with Crippen LogP contribution in [-0.4, -0.2) is 28.6 Å². The first-order valence-electron chi connectivity index (χ1n) is 11.9. The van der Waals surface area contributed by atoms with Crippen LogP contribution in [0.1, 0.15) is 58.4 Å². The maximum Gasteiger partial charge on any atom is 0.0914 e. The summed E-state index contributed by atoms with van der Waals surface area (Å²) in [5.74, 6) is 0.507. The highest BCUT2D eigenvalue weighted by Crippen LogP contribution is 2.31. The zero-order valence-corrected chi connectivity index (χ0v) is 20.5. The van der Waals surface area contributed by atoms with Crippen LogP contribution in [0.25, 0.3) is 17.1 Å². The van der Waals surface area contributed by atoms with Gasteiger partial charge in [-0.05, 0) is 66.3 Å². The number of rotatable bonds is 10. The number of fused-ring (bicyclic) bond motifs is 1. The molecule has 0 radical (unpaired) electrons. The number of hydrogen-bond acceptors (Lipinski definition) is 4. The molecule has 4 nitrogen and oxygen atoms in total. The molecule has 3 aromatic rings. The van der Waals surface area contributed by atoms with Gasteiger partial charge in [0.15, 0.2) is 0 Å². The average Bonchev–Trinajstić information content (AvgIpc) is 2.80. The van der Waals surface area contributed by atoms with Gasteiger partial charge < -0.3 is 10.2 Å². The van der Waals surface area contributed by atoms with Gasteiger partial charge in [0.25, 0.3) is 0 Å². The fraction of sp³-hybridized carbons (Fsp3) is 0.429. The van der Waals surface area contributed by atoms with Gasteiger partial charge >= 0.3 is 0 Å². The molecule has 0 aliphatic carbocycles. The summed E-state index contributed by atoms with van der Waals surface area (Å²) in [4.78, 5) is 11.7. The van der Waals surface area contributed by atoms with Crippen molar-refractivity contribution in [2.75, 3.05) is 11.4 Å². The van der Waals surface area contributed by atoms with Crippen LogP contribution in [0.2, 0.25) is 0 Å². The van der Waals surface area contributed by atoms with E-state index in [1.165, 1.54) is 16.8 Å². The van der Waals surface area contributed by atoms with Crippen molar-refractivity contribution < 1.29 is 0 Å². The molecule has 0 aliphatic heterocycles. The van der Waals surface area contributed by atoms with E-state index in [0.717, 1.165) is 41.8 Å². The van der Waals surface area contributed by atoms with E-state index < -0.39 is 0 Å². The van der Waals surface area contributed by atoms with E-state index in [9.17, 15) is 0 Å². The van der Waals surface area contributed by atoms with Crippen molar-refractivity contribution in [3.63, 3.8) is 0 Å². The number of benzene rings is 2. The quantitative estimate of drug-likeness (QED) is 0.395. The Balaban J connectivity index is 2.13. The summed E-state index contributed by atoms with van der Waals surface area (Å²) in [6, 6.07) is 14.2. The van der Waals surface area contributed by atoms with Crippen molar-refractivity contribution >= 4 is 28.5 Å². The molecule has 2 aromatic carbocycles. The molecule has 32 heavy (non-hydrogen) atoms. The van der Waals surface area contributed by atoms with E-state index >= 15 is 0 Å². The van der Waals surface area contributed by atoms with Crippen LogP contribution in [0.3, 0.4) is 0 Å². The first-order chi connectivity index (χ1) is 15.3. The van der Waals surface area contributed by atoms with Crippen LogP contribution in [0.15, 0.2) is 49.2 Å². The highest BCUT2D eigenvalue weighted by atomic mass is 15.2. The minimum absolute atomic E-state index is 0.353. The third-order valence-corrected chi connectivity index (χ3v) is 5.96. The molecule has 0 bridgehead atoms. The standard InChI is InChI=1S/C28H38N4/c1-8-21-13-22(9-2)15-25(14-21)32(18-28(19(4)5)30-20(6)7)24-11-12-26-27(16-24)31-23(10-3)17-29-26/h10-17,19-20,28,30H,3,8-9,18H2,1-2,4-7H3. The van der Waals surface area contributed by atoms with Gasteiger partial charge in [0.05, 0.1) is 22.9 Å². The van der Waals surface area contributed by atoms with Crippen LogP contribution >= 0.6 is 0 Å². The number of nitrogens with zero attached hydrogens (tertiary/aromatic N) is 3. The first kappa shape index (κ1) is 23.9. The maximum atomic E-state index is 4.74. The van der Waals surface area contributed by atoms with Gasteiger partial charge in [-0.2, -0.15) is 0 Å². The molecular formula is C28H38N4. The summed E-state index contributed by atoms with van der Waals surface area (Å²) in [6.07, 6.45) is 5.57. The molecule has 1 unspecified atom stereocenters. The molecule has 1 heterocycles. The fourth-order valence-electron chi connectivity index (χ4n) is 4.03. The molecule has 4 heteroatoms. The van der Waals surface area contributed by atoms with Crippen LogP contribution < -0.4 is 10.2 Å². The van der Waals surface area contributed by atoms with Gasteiger partial charge in [0, 0.05) is 30.0 Å². The highest BCUT2D eigenvalue weighted by Gasteiger charge is 2.21. The lowest BCUT2D eigenvalue weighted by Crippen LogP contribution is -2.45. The number of aromatic nitrogens is 2. The lowest BCUT2D eigenvalue weighted by atomic mass is 10.0. The van der Waals surface area contributed by atoms with E-state index in [2.05, 4.69) is 99.7 Å². The van der Waals surface area contributed by atoms with Gasteiger partial charge in [-0.3, -0.25) is 4.98 Å². The van der Waals surface area contributed by atoms with E-state index in [-0.39, 0.29) is 0 Å². The first-order valence-corrected chi connectivity index (χ1v) is 11.9. The van der Waals surface area contributed by atoms with Crippen LogP contribution in [0.5, 0.6) is 0 Å². The van der Waals surface area contributed by atoms with Gasteiger partial charge in [0.2, 0.25) is 0 Å². The minimum Gasteiger partial charge on any atom is -0.340 e. The molecule has 0 saturated heterocycles. The third kappa shape index (κ3) is 5.74. The predicted molar refractivity (Wildman–Crippen MR) is 139 cm³/mol. The number of hydrogen-bond donors (Lipinski definition) is 1. The highest BCUT2D eigenvalue weighted by molar-refractivity contribution is 5.81. The molecule has 3 rings (SSSR count). The summed E-state index contributed by atoms with van der Waals surface area (Å²) >= 11 is 0. The van der Waals surface area contributed by atoms with Crippen molar-refractivity contribution in [2.45, 2.75) is 66.5 Å². The second kappa shape index (κ2) is 10.7. The number of nitrogens with one attached hydrogen (secondary N) is 1. The Kier molecular flexibility index (Phi) is 8.03. The zero-order chi connectivity index (χ0) is 23.3. The number of aryl methyl sites for hydroxylation is 2. The predicted octanol–water partition coefficient (Wildman–Crippen LogP) is 6.56. The fourth-order valence-corrected chi connectivity index (χ4v) is 4.03. The van der Waals surface area contributed by atoms with Gasteiger partial charge in [-0.25, -0.2) is 4.98 Å². The Labute approximate surface area is 193 Å². The monoisotopic (exact) mass is 430 g/mol. The lowest BCUT2D eigenvalue weighted by Gasteiger charge is -2.34. The Morgan fingerprint density at radius 3 is 2.19 bits per heavy atom. The smallest absolute Gasteiger partial charge is 0.0914 e. The van der Waals surface area contributed by atoms with E-state index in [4.69, 9.17) is 4.98 Å². The van der Waals surface area contributed by atoms with Gasteiger partial charge in [-0.15, -0.1) is 0 Å². The second-order valence-corrected chi connectivity index (χ2v) is 9.17.